The van der Waals surface area contributed by atoms with Gasteiger partial charge in [-0.2, -0.15) is 0 Å². The Hall–Kier alpha value is -1.36. The normalized spacial score (nSPS) is 27.2. The molecule has 1 fully saturated rings. The van der Waals surface area contributed by atoms with Crippen molar-refractivity contribution in [2.75, 3.05) is 6.54 Å². The van der Waals surface area contributed by atoms with Crippen LogP contribution in [-0.2, 0) is 11.2 Å². The summed E-state index contributed by atoms with van der Waals surface area (Å²) in [5.41, 5.74) is 5.59. The molecule has 0 aliphatic heterocycles. The van der Waals surface area contributed by atoms with Gasteiger partial charge in [0, 0.05) is 25.4 Å². The average molecular weight is 264 g/mol. The molecule has 2 unspecified atom stereocenters. The molecule has 1 aromatic rings. The summed E-state index contributed by atoms with van der Waals surface area (Å²) in [6.07, 6.45) is 9.13. The van der Waals surface area contributed by atoms with E-state index in [-0.39, 0.29) is 5.91 Å². The van der Waals surface area contributed by atoms with E-state index in [9.17, 15) is 4.79 Å². The van der Waals surface area contributed by atoms with Crippen molar-refractivity contribution >= 4 is 5.91 Å². The minimum atomic E-state index is -0.650. The summed E-state index contributed by atoms with van der Waals surface area (Å²) in [7, 11) is 0. The summed E-state index contributed by atoms with van der Waals surface area (Å²) < 4.78 is 0. The fourth-order valence-corrected chi connectivity index (χ4v) is 2.87. The number of aromatic nitrogens is 2. The molecule has 106 valence electrons. The molecule has 0 aromatic carbocycles. The van der Waals surface area contributed by atoms with Crippen molar-refractivity contribution in [3.05, 3.63) is 18.2 Å². The molecule has 1 aliphatic rings. The van der Waals surface area contributed by atoms with Crippen molar-refractivity contribution in [2.45, 2.75) is 51.0 Å². The first-order chi connectivity index (χ1) is 9.10. The standard InChI is InChI=1S/C14H24N4O/c1-11-4-2-6-14(15,10-11)13(19)18-7-3-5-12-16-8-9-17-12/h8-9,11H,2-7,10,15H2,1H3,(H,16,17)(H,18,19). The number of hydrogen-bond acceptors (Lipinski definition) is 3. The maximum atomic E-state index is 12.2. The van der Waals surface area contributed by atoms with E-state index in [1.807, 2.05) is 6.20 Å². The number of aryl methyl sites for hydroxylation is 1. The van der Waals surface area contributed by atoms with E-state index in [0.717, 1.165) is 37.9 Å². The molecular weight excluding hydrogens is 240 g/mol. The molecule has 0 saturated heterocycles. The fraction of sp³-hybridized carbons (Fsp3) is 0.714. The monoisotopic (exact) mass is 264 g/mol. The van der Waals surface area contributed by atoms with Crippen molar-refractivity contribution < 1.29 is 4.79 Å². The zero-order chi connectivity index (χ0) is 13.7. The number of hydrogen-bond donors (Lipinski definition) is 3. The van der Waals surface area contributed by atoms with Gasteiger partial charge < -0.3 is 16.0 Å². The van der Waals surface area contributed by atoms with Crippen LogP contribution in [0.4, 0.5) is 0 Å². The smallest absolute Gasteiger partial charge is 0.240 e. The van der Waals surface area contributed by atoms with Gasteiger partial charge in [-0.05, 0) is 25.2 Å². The number of nitrogens with two attached hydrogens (primary N) is 1. The molecular formula is C14H24N4O. The van der Waals surface area contributed by atoms with Gasteiger partial charge in [-0.1, -0.05) is 19.8 Å². The number of carbonyl (C=O) groups excluding carboxylic acids is 1. The highest BCUT2D eigenvalue weighted by Crippen LogP contribution is 2.30. The summed E-state index contributed by atoms with van der Waals surface area (Å²) in [4.78, 5) is 19.4. The molecule has 2 rings (SSSR count). The topological polar surface area (TPSA) is 83.8 Å². The zero-order valence-electron chi connectivity index (χ0n) is 11.6. The Kier molecular flexibility index (Phi) is 4.58. The molecule has 0 spiro atoms. The highest BCUT2D eigenvalue weighted by atomic mass is 16.2. The molecule has 1 heterocycles. The number of amides is 1. The van der Waals surface area contributed by atoms with Crippen LogP contribution in [0.5, 0.6) is 0 Å². The third kappa shape index (κ3) is 3.80. The van der Waals surface area contributed by atoms with Crippen LogP contribution < -0.4 is 11.1 Å². The Bertz CT molecular complexity index is 404. The van der Waals surface area contributed by atoms with E-state index < -0.39 is 5.54 Å². The third-order valence-corrected chi connectivity index (χ3v) is 3.92. The lowest BCUT2D eigenvalue weighted by Gasteiger charge is -2.35. The van der Waals surface area contributed by atoms with Crippen LogP contribution in [0.25, 0.3) is 0 Å². The van der Waals surface area contributed by atoms with Crippen molar-refractivity contribution in [3.8, 4) is 0 Å². The molecule has 2 atom stereocenters. The van der Waals surface area contributed by atoms with Crippen LogP contribution in [0, 0.1) is 5.92 Å². The van der Waals surface area contributed by atoms with Gasteiger partial charge in [-0.3, -0.25) is 4.79 Å². The van der Waals surface area contributed by atoms with Crippen LogP contribution in [0.15, 0.2) is 12.4 Å². The summed E-state index contributed by atoms with van der Waals surface area (Å²) >= 11 is 0. The quantitative estimate of drug-likeness (QED) is 0.702. The number of rotatable bonds is 5. The van der Waals surface area contributed by atoms with Gasteiger partial charge in [0.2, 0.25) is 5.91 Å². The Morgan fingerprint density at radius 1 is 1.68 bits per heavy atom. The number of carbonyl (C=O) groups is 1. The second-order valence-corrected chi connectivity index (χ2v) is 5.75. The number of nitrogens with zero attached hydrogens (tertiary/aromatic N) is 1. The lowest BCUT2D eigenvalue weighted by atomic mass is 9.76. The van der Waals surface area contributed by atoms with Gasteiger partial charge >= 0.3 is 0 Å². The van der Waals surface area contributed by atoms with Crippen LogP contribution in [0.3, 0.4) is 0 Å². The third-order valence-electron chi connectivity index (χ3n) is 3.92. The number of nitrogens with one attached hydrogen (secondary N) is 2. The molecule has 1 saturated carbocycles. The SMILES string of the molecule is CC1CCCC(N)(C(=O)NCCCc2ncc[nH]2)C1. The van der Waals surface area contributed by atoms with Crippen LogP contribution >= 0.6 is 0 Å². The predicted octanol–water partition coefficient (Wildman–Crippen LogP) is 1.37. The van der Waals surface area contributed by atoms with E-state index in [2.05, 4.69) is 22.2 Å². The van der Waals surface area contributed by atoms with Gasteiger partial charge in [0.05, 0.1) is 5.54 Å². The minimum absolute atomic E-state index is 0.0125. The fourth-order valence-electron chi connectivity index (χ4n) is 2.87. The van der Waals surface area contributed by atoms with Crippen molar-refractivity contribution in [2.24, 2.45) is 11.7 Å². The van der Waals surface area contributed by atoms with Crippen molar-refractivity contribution in [1.29, 1.82) is 0 Å². The van der Waals surface area contributed by atoms with Gasteiger partial charge in [0.15, 0.2) is 0 Å². The first-order valence-electron chi connectivity index (χ1n) is 7.15. The Labute approximate surface area is 114 Å². The molecule has 0 radical (unpaired) electrons. The highest BCUT2D eigenvalue weighted by Gasteiger charge is 2.37. The van der Waals surface area contributed by atoms with E-state index in [1.165, 1.54) is 6.42 Å². The first kappa shape index (κ1) is 14.1. The summed E-state index contributed by atoms with van der Waals surface area (Å²) in [5.74, 6) is 1.52. The molecule has 4 N–H and O–H groups in total. The Balaban J connectivity index is 1.71. The minimum Gasteiger partial charge on any atom is -0.354 e. The largest absolute Gasteiger partial charge is 0.354 e. The van der Waals surface area contributed by atoms with Crippen LogP contribution in [-0.4, -0.2) is 28.0 Å². The molecule has 19 heavy (non-hydrogen) atoms. The predicted molar refractivity (Wildman–Crippen MR) is 74.5 cm³/mol. The number of imidazole rings is 1. The average Bonchev–Trinajstić information content (AvgIpc) is 2.87. The van der Waals surface area contributed by atoms with Crippen molar-refractivity contribution in [1.82, 2.24) is 15.3 Å². The van der Waals surface area contributed by atoms with Crippen LogP contribution in [0.2, 0.25) is 0 Å². The second kappa shape index (κ2) is 6.19. The van der Waals surface area contributed by atoms with Gasteiger partial charge in [-0.15, -0.1) is 0 Å². The second-order valence-electron chi connectivity index (χ2n) is 5.75. The van der Waals surface area contributed by atoms with Crippen LogP contribution in [0.1, 0.15) is 44.9 Å². The molecule has 1 aliphatic carbocycles. The van der Waals surface area contributed by atoms with Gasteiger partial charge in [0.25, 0.3) is 0 Å². The van der Waals surface area contributed by atoms with E-state index in [1.54, 1.807) is 6.20 Å². The zero-order valence-corrected chi connectivity index (χ0v) is 11.6. The maximum absolute atomic E-state index is 12.2. The van der Waals surface area contributed by atoms with Crippen molar-refractivity contribution in [3.63, 3.8) is 0 Å². The molecule has 0 bridgehead atoms. The van der Waals surface area contributed by atoms with Gasteiger partial charge in [0.1, 0.15) is 5.82 Å². The van der Waals surface area contributed by atoms with E-state index in [4.69, 9.17) is 5.73 Å². The highest BCUT2D eigenvalue weighted by molar-refractivity contribution is 5.86. The summed E-state index contributed by atoms with van der Waals surface area (Å²) in [5, 5.41) is 2.97. The lowest BCUT2D eigenvalue weighted by molar-refractivity contribution is -0.128. The molecule has 1 aromatic heterocycles. The molecule has 1 amide bonds. The number of aromatic amines is 1. The maximum Gasteiger partial charge on any atom is 0.240 e. The Morgan fingerprint density at radius 3 is 3.21 bits per heavy atom. The summed E-state index contributed by atoms with van der Waals surface area (Å²) in [6.45, 7) is 2.83. The van der Waals surface area contributed by atoms with E-state index in [0.29, 0.717) is 12.5 Å². The summed E-state index contributed by atoms with van der Waals surface area (Å²) in [6, 6.07) is 0. The molecule has 5 heteroatoms. The molecule has 5 nitrogen and oxygen atoms in total. The lowest BCUT2D eigenvalue weighted by Crippen LogP contribution is -2.56. The van der Waals surface area contributed by atoms with E-state index >= 15 is 0 Å². The number of H-pyrrole nitrogens is 1. The van der Waals surface area contributed by atoms with Gasteiger partial charge in [-0.25, -0.2) is 4.98 Å². The Morgan fingerprint density at radius 2 is 2.53 bits per heavy atom. The first-order valence-corrected chi connectivity index (χ1v) is 7.15.